The van der Waals surface area contributed by atoms with E-state index in [2.05, 4.69) is 34.5 Å². The molecule has 2 aromatic carbocycles. The van der Waals surface area contributed by atoms with Crippen LogP contribution < -0.4 is 10.6 Å². The summed E-state index contributed by atoms with van der Waals surface area (Å²) >= 11 is 0. The molecule has 0 amide bonds. The highest BCUT2D eigenvalue weighted by Gasteiger charge is 1.85. The number of rotatable bonds is 8. The molecule has 2 aromatic rings. The van der Waals surface area contributed by atoms with E-state index in [1.165, 1.54) is 0 Å². The van der Waals surface area contributed by atoms with Crippen molar-refractivity contribution < 1.29 is 0 Å². The number of anilines is 1. The van der Waals surface area contributed by atoms with Crippen molar-refractivity contribution in [2.75, 3.05) is 18.4 Å². The number of benzene rings is 2. The van der Waals surface area contributed by atoms with Crippen LogP contribution in [0.25, 0.3) is 0 Å². The fourth-order valence-electron chi connectivity index (χ4n) is 1.70. The zero-order chi connectivity index (χ0) is 17.3. The van der Waals surface area contributed by atoms with Crippen LogP contribution in [0.5, 0.6) is 0 Å². The van der Waals surface area contributed by atoms with E-state index in [4.69, 9.17) is 0 Å². The quantitative estimate of drug-likeness (QED) is 0.413. The summed E-state index contributed by atoms with van der Waals surface area (Å²) in [6, 6.07) is 19.8. The lowest BCUT2D eigenvalue weighted by molar-refractivity contribution is 0.840. The monoisotopic (exact) mass is 324 g/mol. The van der Waals surface area contributed by atoms with Gasteiger partial charge in [0, 0.05) is 18.8 Å². The maximum absolute atomic E-state index is 4.27. The number of hydrogen-bond donors (Lipinski definition) is 2. The molecule has 4 heteroatoms. The lowest BCUT2D eigenvalue weighted by Crippen LogP contribution is -2.11. The first-order valence-corrected chi connectivity index (χ1v) is 8.47. The smallest absolute Gasteiger partial charge is 0.0930 e. The summed E-state index contributed by atoms with van der Waals surface area (Å²) in [6.45, 7) is 6.24. The van der Waals surface area contributed by atoms with E-state index in [-0.39, 0.29) is 0 Å². The van der Waals surface area contributed by atoms with Crippen molar-refractivity contribution in [2.45, 2.75) is 26.7 Å². The van der Waals surface area contributed by atoms with E-state index in [1.54, 1.807) is 12.7 Å². The van der Waals surface area contributed by atoms with Gasteiger partial charge in [-0.3, -0.25) is 4.99 Å². The Hall–Kier alpha value is -2.62. The summed E-state index contributed by atoms with van der Waals surface area (Å²) in [5.74, 6) is 0. The lowest BCUT2D eigenvalue weighted by Gasteiger charge is -1.98. The molecule has 0 unspecified atom stereocenters. The summed E-state index contributed by atoms with van der Waals surface area (Å²) in [6.07, 6.45) is 5.79. The molecule has 0 atom stereocenters. The third-order valence-electron chi connectivity index (χ3n) is 2.90. The molecular formula is C20H28N4. The Balaban J connectivity index is 0.000000277. The van der Waals surface area contributed by atoms with E-state index in [0.29, 0.717) is 0 Å². The van der Waals surface area contributed by atoms with E-state index < -0.39 is 0 Å². The highest BCUT2D eigenvalue weighted by atomic mass is 14.9. The molecule has 0 saturated carbocycles. The van der Waals surface area contributed by atoms with Crippen LogP contribution in [0, 0.1) is 0 Å². The second kappa shape index (κ2) is 14.0. The van der Waals surface area contributed by atoms with Crippen LogP contribution in [0.2, 0.25) is 0 Å². The normalized spacial score (nSPS) is 10.4. The second-order valence-electron chi connectivity index (χ2n) is 5.09. The number of aliphatic imine (C=N–C) groups is 2. The largest absolute Gasteiger partial charge is 0.376 e. The van der Waals surface area contributed by atoms with Crippen LogP contribution in [0.3, 0.4) is 0 Å². The molecule has 0 spiro atoms. The predicted molar refractivity (Wildman–Crippen MR) is 107 cm³/mol. The van der Waals surface area contributed by atoms with Gasteiger partial charge in [0.1, 0.15) is 0 Å². The van der Waals surface area contributed by atoms with Gasteiger partial charge in [-0.15, -0.1) is 0 Å². The Kier molecular flexibility index (Phi) is 11.3. The standard InChI is InChI=1S/C13H12N2.C7H16N2/c1-3-7-12(8-4-1)14-11-15-13-9-5-2-6-10-13;1-3-5-8-7-9-6-4-2/h1-11H,(H,14,15);7H,3-6H2,1-2H3,(H,8,9). The van der Waals surface area contributed by atoms with Gasteiger partial charge >= 0.3 is 0 Å². The van der Waals surface area contributed by atoms with Crippen molar-refractivity contribution in [3.63, 3.8) is 0 Å². The fourth-order valence-corrected chi connectivity index (χ4v) is 1.70. The summed E-state index contributed by atoms with van der Waals surface area (Å²) < 4.78 is 0. The molecule has 0 aromatic heterocycles. The van der Waals surface area contributed by atoms with Gasteiger partial charge in [-0.05, 0) is 37.1 Å². The average molecular weight is 324 g/mol. The minimum Gasteiger partial charge on any atom is -0.376 e. The Bertz CT molecular complexity index is 565. The maximum Gasteiger partial charge on any atom is 0.0930 e. The second-order valence-corrected chi connectivity index (χ2v) is 5.09. The van der Waals surface area contributed by atoms with Crippen molar-refractivity contribution in [1.29, 1.82) is 0 Å². The third kappa shape index (κ3) is 10.2. The van der Waals surface area contributed by atoms with Crippen LogP contribution in [-0.4, -0.2) is 25.8 Å². The van der Waals surface area contributed by atoms with Crippen LogP contribution in [0.15, 0.2) is 70.6 Å². The van der Waals surface area contributed by atoms with Crippen LogP contribution in [0.1, 0.15) is 26.7 Å². The van der Waals surface area contributed by atoms with Gasteiger partial charge < -0.3 is 10.6 Å². The molecule has 2 N–H and O–H groups in total. The van der Waals surface area contributed by atoms with Crippen molar-refractivity contribution in [3.05, 3.63) is 60.7 Å². The minimum absolute atomic E-state index is 0.941. The number of nitrogens with zero attached hydrogens (tertiary/aromatic N) is 2. The Morgan fingerprint density at radius 2 is 1.50 bits per heavy atom. The van der Waals surface area contributed by atoms with Gasteiger partial charge in [0.2, 0.25) is 0 Å². The Morgan fingerprint density at radius 1 is 0.833 bits per heavy atom. The molecule has 0 aliphatic heterocycles. The lowest BCUT2D eigenvalue weighted by atomic mass is 10.3. The maximum atomic E-state index is 4.27. The summed E-state index contributed by atoms with van der Waals surface area (Å²) in [7, 11) is 0. The number of para-hydroxylation sites is 2. The van der Waals surface area contributed by atoms with Crippen molar-refractivity contribution in [3.8, 4) is 0 Å². The fraction of sp³-hybridized carbons (Fsp3) is 0.300. The summed E-state index contributed by atoms with van der Waals surface area (Å²) in [4.78, 5) is 8.36. The van der Waals surface area contributed by atoms with Crippen molar-refractivity contribution >= 4 is 24.1 Å². The molecule has 0 radical (unpaired) electrons. The van der Waals surface area contributed by atoms with E-state index >= 15 is 0 Å². The van der Waals surface area contributed by atoms with Crippen LogP contribution in [0.4, 0.5) is 11.4 Å². The van der Waals surface area contributed by atoms with Crippen molar-refractivity contribution in [2.24, 2.45) is 9.98 Å². The minimum atomic E-state index is 0.941. The molecular weight excluding hydrogens is 296 g/mol. The van der Waals surface area contributed by atoms with Crippen LogP contribution >= 0.6 is 0 Å². The molecule has 0 aliphatic rings. The van der Waals surface area contributed by atoms with Gasteiger partial charge in [-0.2, -0.15) is 0 Å². The van der Waals surface area contributed by atoms with Gasteiger partial charge in [0.25, 0.3) is 0 Å². The first-order valence-electron chi connectivity index (χ1n) is 8.47. The summed E-state index contributed by atoms with van der Waals surface area (Å²) in [5.41, 5.74) is 1.98. The topological polar surface area (TPSA) is 48.8 Å². The highest BCUT2D eigenvalue weighted by Crippen LogP contribution is 2.09. The molecule has 0 aliphatic carbocycles. The van der Waals surface area contributed by atoms with Gasteiger partial charge in [-0.25, -0.2) is 4.99 Å². The first-order chi connectivity index (χ1) is 11.9. The van der Waals surface area contributed by atoms with Gasteiger partial charge in [-0.1, -0.05) is 50.2 Å². The molecule has 0 fully saturated rings. The predicted octanol–water partition coefficient (Wildman–Crippen LogP) is 4.88. The number of hydrogen-bond acceptors (Lipinski definition) is 2. The molecule has 4 nitrogen and oxygen atoms in total. The average Bonchev–Trinajstić information content (AvgIpc) is 2.64. The van der Waals surface area contributed by atoms with Gasteiger partial charge in [0.05, 0.1) is 18.4 Å². The van der Waals surface area contributed by atoms with Gasteiger partial charge in [0.15, 0.2) is 0 Å². The van der Waals surface area contributed by atoms with Crippen LogP contribution in [-0.2, 0) is 0 Å². The van der Waals surface area contributed by atoms with E-state index in [0.717, 1.165) is 37.3 Å². The Labute approximate surface area is 145 Å². The van der Waals surface area contributed by atoms with E-state index in [9.17, 15) is 0 Å². The molecule has 128 valence electrons. The molecule has 24 heavy (non-hydrogen) atoms. The first kappa shape index (κ1) is 19.4. The third-order valence-corrected chi connectivity index (χ3v) is 2.90. The molecule has 0 bridgehead atoms. The highest BCUT2D eigenvalue weighted by molar-refractivity contribution is 5.77. The van der Waals surface area contributed by atoms with Crippen molar-refractivity contribution in [1.82, 2.24) is 5.32 Å². The SMILES string of the molecule is C(=Nc1ccccc1)Nc1ccccc1.CCCN=CNCCC. The van der Waals surface area contributed by atoms with E-state index in [1.807, 2.05) is 60.7 Å². The zero-order valence-corrected chi connectivity index (χ0v) is 14.7. The zero-order valence-electron chi connectivity index (χ0n) is 14.7. The molecule has 2 rings (SSSR count). The molecule has 0 heterocycles. The number of nitrogens with one attached hydrogen (secondary N) is 2. The Morgan fingerprint density at radius 3 is 2.12 bits per heavy atom. The molecule has 0 saturated heterocycles. The summed E-state index contributed by atoms with van der Waals surface area (Å²) in [5, 5.41) is 6.18.